The third-order valence-electron chi connectivity index (χ3n) is 5.57. The second-order valence-corrected chi connectivity index (χ2v) is 7.25. The van der Waals surface area contributed by atoms with E-state index in [1.165, 1.54) is 5.56 Å². The van der Waals surface area contributed by atoms with Crippen LogP contribution in [0.15, 0.2) is 6.20 Å². The summed E-state index contributed by atoms with van der Waals surface area (Å²) in [4.78, 5) is 24.3. The molecule has 4 rings (SSSR count). The summed E-state index contributed by atoms with van der Waals surface area (Å²) in [7, 11) is 0. The number of aryl methyl sites for hydroxylation is 1. The van der Waals surface area contributed by atoms with Crippen molar-refractivity contribution in [2.75, 3.05) is 19.6 Å². The van der Waals surface area contributed by atoms with E-state index in [1.807, 2.05) is 18.0 Å². The van der Waals surface area contributed by atoms with E-state index in [4.69, 9.17) is 4.98 Å². The lowest BCUT2D eigenvalue weighted by atomic mass is 9.96. The Balaban J connectivity index is 1.52. The minimum absolute atomic E-state index is 0.0188. The van der Waals surface area contributed by atoms with Gasteiger partial charge in [0.1, 0.15) is 5.82 Å². The molecule has 7 heteroatoms. The van der Waals surface area contributed by atoms with Crippen LogP contribution in [0.4, 0.5) is 0 Å². The SMILES string of the molecule is CCc1[nH]nc(C(=O)N2CCCC(c3ncc4c(n3)CCNC4)C2)c1C. The number of amides is 1. The Morgan fingerprint density at radius 3 is 3.12 bits per heavy atom. The van der Waals surface area contributed by atoms with Crippen molar-refractivity contribution >= 4 is 5.91 Å². The monoisotopic (exact) mass is 354 g/mol. The first-order valence-corrected chi connectivity index (χ1v) is 9.56. The molecule has 1 saturated heterocycles. The lowest BCUT2D eigenvalue weighted by Gasteiger charge is -2.32. The van der Waals surface area contributed by atoms with E-state index in [-0.39, 0.29) is 11.8 Å². The number of rotatable bonds is 3. The third kappa shape index (κ3) is 3.11. The first-order valence-electron chi connectivity index (χ1n) is 9.56. The van der Waals surface area contributed by atoms with E-state index in [1.54, 1.807) is 0 Å². The number of H-pyrrole nitrogens is 1. The van der Waals surface area contributed by atoms with Crippen LogP contribution in [-0.4, -0.2) is 50.6 Å². The van der Waals surface area contributed by atoms with Gasteiger partial charge in [0.15, 0.2) is 5.69 Å². The Hall–Kier alpha value is -2.28. The highest BCUT2D eigenvalue weighted by molar-refractivity contribution is 5.94. The van der Waals surface area contributed by atoms with Gasteiger partial charge in [-0.2, -0.15) is 5.10 Å². The highest BCUT2D eigenvalue weighted by Gasteiger charge is 2.30. The topological polar surface area (TPSA) is 86.8 Å². The average molecular weight is 354 g/mol. The van der Waals surface area contributed by atoms with Gasteiger partial charge in [0.2, 0.25) is 0 Å². The second kappa shape index (κ2) is 7.15. The standard InChI is InChI=1S/C19H26N6O/c1-3-15-12(2)17(24-23-15)19(26)25-8-4-5-13(11-25)18-21-10-14-9-20-7-6-16(14)22-18/h10,13,20H,3-9,11H2,1-2H3,(H,23,24). The van der Waals surface area contributed by atoms with Crippen LogP contribution in [0.3, 0.4) is 0 Å². The Bertz CT molecular complexity index is 814. The quantitative estimate of drug-likeness (QED) is 0.877. The first-order chi connectivity index (χ1) is 12.7. The van der Waals surface area contributed by atoms with E-state index in [0.717, 1.165) is 68.1 Å². The minimum Gasteiger partial charge on any atom is -0.337 e. The summed E-state index contributed by atoms with van der Waals surface area (Å²) in [5, 5.41) is 10.6. The molecule has 1 fully saturated rings. The van der Waals surface area contributed by atoms with Gasteiger partial charge >= 0.3 is 0 Å². The lowest BCUT2D eigenvalue weighted by Crippen LogP contribution is -2.40. The molecule has 1 atom stereocenters. The number of hydrogen-bond donors (Lipinski definition) is 2. The smallest absolute Gasteiger partial charge is 0.274 e. The average Bonchev–Trinajstić information content (AvgIpc) is 3.07. The number of hydrogen-bond acceptors (Lipinski definition) is 5. The molecular formula is C19H26N6O. The summed E-state index contributed by atoms with van der Waals surface area (Å²) in [5.41, 5.74) is 4.92. The highest BCUT2D eigenvalue weighted by Crippen LogP contribution is 2.27. The number of nitrogens with zero attached hydrogens (tertiary/aromatic N) is 4. The van der Waals surface area contributed by atoms with E-state index >= 15 is 0 Å². The Kier molecular flexibility index (Phi) is 4.72. The fraction of sp³-hybridized carbons (Fsp3) is 0.579. The number of aromatic nitrogens is 4. The molecule has 7 nitrogen and oxygen atoms in total. The molecule has 2 aromatic rings. The van der Waals surface area contributed by atoms with Gasteiger partial charge in [0, 0.05) is 67.2 Å². The molecule has 2 N–H and O–H groups in total. The van der Waals surface area contributed by atoms with Crippen molar-refractivity contribution < 1.29 is 4.79 Å². The Morgan fingerprint density at radius 2 is 2.31 bits per heavy atom. The van der Waals surface area contributed by atoms with Crippen molar-refractivity contribution in [1.82, 2.24) is 30.4 Å². The molecule has 0 aliphatic carbocycles. The van der Waals surface area contributed by atoms with E-state index in [0.29, 0.717) is 12.2 Å². The number of fused-ring (bicyclic) bond motifs is 1. The molecule has 0 saturated carbocycles. The van der Waals surface area contributed by atoms with Crippen molar-refractivity contribution in [3.8, 4) is 0 Å². The molecule has 4 heterocycles. The molecule has 138 valence electrons. The van der Waals surface area contributed by atoms with E-state index < -0.39 is 0 Å². The van der Waals surface area contributed by atoms with E-state index in [9.17, 15) is 4.79 Å². The van der Waals surface area contributed by atoms with Crippen molar-refractivity contribution in [3.63, 3.8) is 0 Å². The number of aromatic amines is 1. The van der Waals surface area contributed by atoms with Crippen LogP contribution in [0, 0.1) is 6.92 Å². The zero-order valence-electron chi connectivity index (χ0n) is 15.5. The molecule has 0 bridgehead atoms. The summed E-state index contributed by atoms with van der Waals surface area (Å²) >= 11 is 0. The molecule has 0 aromatic carbocycles. The number of nitrogens with one attached hydrogen (secondary N) is 2. The van der Waals surface area contributed by atoms with Gasteiger partial charge < -0.3 is 10.2 Å². The van der Waals surface area contributed by atoms with Crippen molar-refractivity contribution in [2.24, 2.45) is 0 Å². The number of piperidine rings is 1. The zero-order chi connectivity index (χ0) is 18.1. The van der Waals surface area contributed by atoms with Crippen LogP contribution >= 0.6 is 0 Å². The van der Waals surface area contributed by atoms with Gasteiger partial charge in [-0.05, 0) is 26.2 Å². The summed E-state index contributed by atoms with van der Waals surface area (Å²) in [5.74, 6) is 1.11. The van der Waals surface area contributed by atoms with Crippen LogP contribution in [0.1, 0.15) is 64.5 Å². The molecule has 2 aliphatic rings. The Morgan fingerprint density at radius 1 is 1.42 bits per heavy atom. The van der Waals surface area contributed by atoms with Gasteiger partial charge in [0.05, 0.1) is 0 Å². The predicted octanol–water partition coefficient (Wildman–Crippen LogP) is 1.74. The lowest BCUT2D eigenvalue weighted by molar-refractivity contribution is 0.0697. The van der Waals surface area contributed by atoms with Crippen molar-refractivity contribution in [1.29, 1.82) is 0 Å². The number of carbonyl (C=O) groups excluding carboxylic acids is 1. The molecule has 26 heavy (non-hydrogen) atoms. The van der Waals surface area contributed by atoms with Crippen LogP contribution in [0.2, 0.25) is 0 Å². The second-order valence-electron chi connectivity index (χ2n) is 7.25. The van der Waals surface area contributed by atoms with Gasteiger partial charge in [-0.25, -0.2) is 9.97 Å². The highest BCUT2D eigenvalue weighted by atomic mass is 16.2. The van der Waals surface area contributed by atoms with Crippen molar-refractivity contribution in [3.05, 3.63) is 40.2 Å². The van der Waals surface area contributed by atoms with Crippen molar-refractivity contribution in [2.45, 2.75) is 52.0 Å². The molecule has 2 aromatic heterocycles. The van der Waals surface area contributed by atoms with E-state index in [2.05, 4.69) is 27.4 Å². The maximum Gasteiger partial charge on any atom is 0.274 e. The van der Waals surface area contributed by atoms with Crippen LogP contribution < -0.4 is 5.32 Å². The van der Waals surface area contributed by atoms with Gasteiger partial charge in [-0.15, -0.1) is 0 Å². The molecule has 0 spiro atoms. The summed E-state index contributed by atoms with van der Waals surface area (Å²) in [6.07, 6.45) is 5.76. The number of likely N-dealkylation sites (tertiary alicyclic amines) is 1. The summed E-state index contributed by atoms with van der Waals surface area (Å²) in [6.45, 7) is 7.30. The maximum absolute atomic E-state index is 13.0. The molecule has 1 amide bonds. The van der Waals surface area contributed by atoms with Crippen LogP contribution in [0.25, 0.3) is 0 Å². The fourth-order valence-corrected chi connectivity index (χ4v) is 3.96. The molecule has 0 radical (unpaired) electrons. The van der Waals surface area contributed by atoms with Gasteiger partial charge in [0.25, 0.3) is 5.91 Å². The fourth-order valence-electron chi connectivity index (χ4n) is 3.96. The number of carbonyl (C=O) groups is 1. The van der Waals surface area contributed by atoms with Gasteiger partial charge in [-0.1, -0.05) is 6.92 Å². The molecular weight excluding hydrogens is 328 g/mol. The minimum atomic E-state index is 0.0188. The third-order valence-corrected chi connectivity index (χ3v) is 5.57. The normalized spacial score (nSPS) is 20.1. The Labute approximate surface area is 153 Å². The first kappa shape index (κ1) is 17.1. The van der Waals surface area contributed by atoms with Crippen LogP contribution in [0.5, 0.6) is 0 Å². The maximum atomic E-state index is 13.0. The van der Waals surface area contributed by atoms with Crippen LogP contribution in [-0.2, 0) is 19.4 Å². The zero-order valence-corrected chi connectivity index (χ0v) is 15.5. The largest absolute Gasteiger partial charge is 0.337 e. The van der Waals surface area contributed by atoms with Gasteiger partial charge in [-0.3, -0.25) is 9.89 Å². The summed E-state index contributed by atoms with van der Waals surface area (Å²) in [6, 6.07) is 0. The predicted molar refractivity (Wildman–Crippen MR) is 98.0 cm³/mol. The molecule has 2 aliphatic heterocycles. The molecule has 1 unspecified atom stereocenters. The summed E-state index contributed by atoms with van der Waals surface area (Å²) < 4.78 is 0.